The van der Waals surface area contributed by atoms with Gasteiger partial charge in [0, 0.05) is 18.9 Å². The molecule has 0 aromatic heterocycles. The highest BCUT2D eigenvalue weighted by atomic mass is 16.5. The van der Waals surface area contributed by atoms with Gasteiger partial charge in [0.1, 0.15) is 18.8 Å². The molecule has 0 aliphatic carbocycles. The highest BCUT2D eigenvalue weighted by Crippen LogP contribution is 2.25. The second kappa shape index (κ2) is 8.41. The second-order valence-corrected chi connectivity index (χ2v) is 6.99. The normalized spacial score (nSPS) is 32.1. The van der Waals surface area contributed by atoms with Gasteiger partial charge in [0.25, 0.3) is 0 Å². The third kappa shape index (κ3) is 6.59. The predicted octanol–water partition coefficient (Wildman–Crippen LogP) is -0.393. The first-order valence-electron chi connectivity index (χ1n) is 7.78. The van der Waals surface area contributed by atoms with E-state index in [4.69, 9.17) is 9.47 Å². The summed E-state index contributed by atoms with van der Waals surface area (Å²) in [5.74, 6) is -0.107. The van der Waals surface area contributed by atoms with Crippen LogP contribution in [0.1, 0.15) is 19.8 Å². The lowest BCUT2D eigenvalue weighted by atomic mass is 9.88. The topological polar surface area (TPSA) is 79.2 Å². The molecule has 126 valence electrons. The molecular weight excluding hydrogens is 274 g/mol. The zero-order valence-electron chi connectivity index (χ0n) is 13.7. The fraction of sp³-hybridized carbons (Fsp3) is 1.00. The highest BCUT2D eigenvalue weighted by Gasteiger charge is 2.37. The number of hydrogen-bond acceptors (Lipinski definition) is 5. The van der Waals surface area contributed by atoms with E-state index in [0.29, 0.717) is 26.2 Å². The molecule has 6 heteroatoms. The highest BCUT2D eigenvalue weighted by molar-refractivity contribution is 4.85. The molecule has 0 bridgehead atoms. The van der Waals surface area contributed by atoms with Crippen LogP contribution >= 0.6 is 0 Å². The summed E-state index contributed by atoms with van der Waals surface area (Å²) >= 11 is 0. The zero-order chi connectivity index (χ0) is 16.0. The maximum atomic E-state index is 9.95. The number of aliphatic hydroxyl groups is 3. The summed E-state index contributed by atoms with van der Waals surface area (Å²) in [7, 11) is 6.12. The van der Waals surface area contributed by atoms with Gasteiger partial charge in [-0.1, -0.05) is 6.92 Å². The molecule has 0 spiro atoms. The number of quaternary nitrogens is 1. The summed E-state index contributed by atoms with van der Waals surface area (Å²) in [6, 6.07) is 0. The summed E-state index contributed by atoms with van der Waals surface area (Å²) in [6.45, 7) is 3.66. The van der Waals surface area contributed by atoms with Crippen molar-refractivity contribution in [2.24, 2.45) is 5.92 Å². The SMILES string of the molecule is CCC1C(COCCC(O)C[N+](C)(C)C)OCC(O)C1O. The van der Waals surface area contributed by atoms with Crippen molar-refractivity contribution in [2.45, 2.75) is 44.2 Å². The predicted molar refractivity (Wildman–Crippen MR) is 79.9 cm³/mol. The van der Waals surface area contributed by atoms with Gasteiger partial charge in [-0.2, -0.15) is 0 Å². The smallest absolute Gasteiger partial charge is 0.105 e. The van der Waals surface area contributed by atoms with Gasteiger partial charge >= 0.3 is 0 Å². The zero-order valence-corrected chi connectivity index (χ0v) is 13.7. The maximum absolute atomic E-state index is 9.95. The van der Waals surface area contributed by atoms with Crippen LogP contribution in [-0.4, -0.2) is 91.7 Å². The summed E-state index contributed by atoms with van der Waals surface area (Å²) in [4.78, 5) is 0. The first kappa shape index (κ1) is 18.8. The van der Waals surface area contributed by atoms with Crippen molar-refractivity contribution in [2.75, 3.05) is 47.5 Å². The molecular formula is C15H32NO5+. The Morgan fingerprint density at radius 1 is 1.29 bits per heavy atom. The summed E-state index contributed by atoms with van der Waals surface area (Å²) in [5.41, 5.74) is 0. The maximum Gasteiger partial charge on any atom is 0.105 e. The van der Waals surface area contributed by atoms with Crippen molar-refractivity contribution in [3.63, 3.8) is 0 Å². The molecule has 1 rings (SSSR count). The number of nitrogens with zero attached hydrogens (tertiary/aromatic N) is 1. The van der Waals surface area contributed by atoms with Gasteiger partial charge in [0.2, 0.25) is 0 Å². The van der Waals surface area contributed by atoms with Crippen LogP contribution < -0.4 is 0 Å². The van der Waals surface area contributed by atoms with Gasteiger partial charge < -0.3 is 29.3 Å². The van der Waals surface area contributed by atoms with Crippen molar-refractivity contribution in [3.8, 4) is 0 Å². The third-order valence-corrected chi connectivity index (χ3v) is 3.90. The van der Waals surface area contributed by atoms with E-state index in [1.54, 1.807) is 0 Å². The monoisotopic (exact) mass is 306 g/mol. The van der Waals surface area contributed by atoms with Crippen LogP contribution in [0.15, 0.2) is 0 Å². The molecule has 3 N–H and O–H groups in total. The first-order chi connectivity index (χ1) is 9.74. The lowest BCUT2D eigenvalue weighted by Crippen LogP contribution is -2.50. The van der Waals surface area contributed by atoms with Crippen LogP contribution in [0.4, 0.5) is 0 Å². The van der Waals surface area contributed by atoms with E-state index in [1.807, 2.05) is 28.1 Å². The largest absolute Gasteiger partial charge is 0.390 e. The van der Waals surface area contributed by atoms with E-state index < -0.39 is 12.2 Å². The fourth-order valence-corrected chi connectivity index (χ4v) is 2.77. The van der Waals surface area contributed by atoms with E-state index in [9.17, 15) is 15.3 Å². The molecule has 21 heavy (non-hydrogen) atoms. The molecule has 0 radical (unpaired) electrons. The number of likely N-dealkylation sites (N-methyl/N-ethyl adjacent to an activating group) is 1. The molecule has 5 unspecified atom stereocenters. The Kier molecular flexibility index (Phi) is 7.53. The Morgan fingerprint density at radius 2 is 1.95 bits per heavy atom. The number of hydrogen-bond donors (Lipinski definition) is 3. The van der Waals surface area contributed by atoms with Gasteiger partial charge in [0.15, 0.2) is 0 Å². The Labute approximate surface area is 127 Å². The molecule has 0 saturated carbocycles. The minimum absolute atomic E-state index is 0.107. The summed E-state index contributed by atoms with van der Waals surface area (Å²) in [6.07, 6.45) is -0.810. The molecule has 0 amide bonds. The lowest BCUT2D eigenvalue weighted by Gasteiger charge is -2.37. The average Bonchev–Trinajstić information content (AvgIpc) is 2.36. The van der Waals surface area contributed by atoms with Gasteiger partial charge in [-0.3, -0.25) is 0 Å². The first-order valence-corrected chi connectivity index (χ1v) is 7.78. The molecule has 0 aromatic carbocycles. The van der Waals surface area contributed by atoms with Crippen LogP contribution in [0.3, 0.4) is 0 Å². The van der Waals surface area contributed by atoms with E-state index in [1.165, 1.54) is 0 Å². The average molecular weight is 306 g/mol. The van der Waals surface area contributed by atoms with Gasteiger partial charge in [0.05, 0.1) is 46.6 Å². The van der Waals surface area contributed by atoms with Crippen LogP contribution in [0.25, 0.3) is 0 Å². The molecule has 1 heterocycles. The molecule has 5 atom stereocenters. The lowest BCUT2D eigenvalue weighted by molar-refractivity contribution is -0.873. The number of aliphatic hydroxyl groups excluding tert-OH is 3. The fourth-order valence-electron chi connectivity index (χ4n) is 2.77. The van der Waals surface area contributed by atoms with Crippen LogP contribution in [0.5, 0.6) is 0 Å². The summed E-state index contributed by atoms with van der Waals surface area (Å²) < 4.78 is 11.9. The van der Waals surface area contributed by atoms with E-state index in [2.05, 4.69) is 0 Å². The second-order valence-electron chi connectivity index (χ2n) is 6.99. The third-order valence-electron chi connectivity index (χ3n) is 3.90. The molecule has 1 aliphatic heterocycles. The van der Waals surface area contributed by atoms with E-state index >= 15 is 0 Å². The quantitative estimate of drug-likeness (QED) is 0.420. The van der Waals surface area contributed by atoms with Gasteiger partial charge in [-0.25, -0.2) is 0 Å². The van der Waals surface area contributed by atoms with Crippen molar-refractivity contribution in [1.29, 1.82) is 0 Å². The van der Waals surface area contributed by atoms with Crippen molar-refractivity contribution in [3.05, 3.63) is 0 Å². The Morgan fingerprint density at radius 3 is 2.52 bits per heavy atom. The molecule has 0 aromatic rings. The van der Waals surface area contributed by atoms with Crippen LogP contribution in [0.2, 0.25) is 0 Å². The minimum atomic E-state index is -0.808. The van der Waals surface area contributed by atoms with Gasteiger partial charge in [-0.15, -0.1) is 0 Å². The molecule has 6 nitrogen and oxygen atoms in total. The summed E-state index contributed by atoms with van der Waals surface area (Å²) in [5, 5.41) is 29.4. The Bertz CT molecular complexity index is 294. The van der Waals surface area contributed by atoms with E-state index in [0.717, 1.165) is 10.9 Å². The minimum Gasteiger partial charge on any atom is -0.390 e. The van der Waals surface area contributed by atoms with Crippen LogP contribution in [0, 0.1) is 5.92 Å². The van der Waals surface area contributed by atoms with E-state index in [-0.39, 0.29) is 24.7 Å². The van der Waals surface area contributed by atoms with Gasteiger partial charge in [-0.05, 0) is 6.42 Å². The molecule has 1 saturated heterocycles. The number of rotatable bonds is 8. The van der Waals surface area contributed by atoms with Crippen LogP contribution in [-0.2, 0) is 9.47 Å². The number of ether oxygens (including phenoxy) is 2. The van der Waals surface area contributed by atoms with Crippen molar-refractivity contribution < 1.29 is 29.3 Å². The van der Waals surface area contributed by atoms with Crippen molar-refractivity contribution >= 4 is 0 Å². The standard InChI is InChI=1S/C15H32NO5/c1-5-12-14(21-9-13(18)15(12)19)10-20-7-6-11(17)8-16(2,3)4/h11-15,17-19H,5-10H2,1-4H3/q+1. The molecule has 1 aliphatic rings. The Hall–Kier alpha value is -0.240. The van der Waals surface area contributed by atoms with Crippen molar-refractivity contribution in [1.82, 2.24) is 0 Å². The Balaban J connectivity index is 2.25. The molecule has 1 fully saturated rings.